The summed E-state index contributed by atoms with van der Waals surface area (Å²) in [6.45, 7) is 2.54. The molecule has 2 heterocycles. The van der Waals surface area contributed by atoms with E-state index in [2.05, 4.69) is 17.1 Å². The van der Waals surface area contributed by atoms with Crippen molar-refractivity contribution in [2.45, 2.75) is 32.1 Å². The van der Waals surface area contributed by atoms with Crippen molar-refractivity contribution in [2.75, 3.05) is 24.6 Å². The van der Waals surface area contributed by atoms with Gasteiger partial charge in [-0.1, -0.05) is 0 Å². The van der Waals surface area contributed by atoms with Gasteiger partial charge in [-0.05, 0) is 68.5 Å². The third kappa shape index (κ3) is 3.17. The first-order chi connectivity index (χ1) is 6.45. The van der Waals surface area contributed by atoms with Gasteiger partial charge in [-0.2, -0.15) is 11.8 Å². The van der Waals surface area contributed by atoms with E-state index in [9.17, 15) is 0 Å². The van der Waals surface area contributed by atoms with Gasteiger partial charge >= 0.3 is 0 Å². The minimum absolute atomic E-state index is 1.05. The van der Waals surface area contributed by atoms with Crippen molar-refractivity contribution in [1.82, 2.24) is 5.32 Å². The zero-order chi connectivity index (χ0) is 8.93. The Morgan fingerprint density at radius 3 is 2.62 bits per heavy atom. The molecule has 0 aromatic rings. The zero-order valence-corrected chi connectivity index (χ0v) is 9.24. The molecule has 0 spiro atoms. The SMILES string of the molecule is C1CSCC(CC2CCNCC2)C1. The lowest BCUT2D eigenvalue weighted by atomic mass is 9.86. The Morgan fingerprint density at radius 1 is 1.08 bits per heavy atom. The second-order valence-electron chi connectivity index (χ2n) is 4.51. The smallest absolute Gasteiger partial charge is 0.00390 e. The molecule has 0 radical (unpaired) electrons. The van der Waals surface area contributed by atoms with E-state index >= 15 is 0 Å². The van der Waals surface area contributed by atoms with Crippen molar-refractivity contribution >= 4 is 11.8 Å². The van der Waals surface area contributed by atoms with Crippen LogP contribution in [0.25, 0.3) is 0 Å². The van der Waals surface area contributed by atoms with Crippen LogP contribution in [0.4, 0.5) is 0 Å². The number of nitrogens with one attached hydrogen (secondary N) is 1. The molecule has 2 fully saturated rings. The third-order valence-corrected chi connectivity index (χ3v) is 4.66. The Bertz CT molecular complexity index is 121. The summed E-state index contributed by atoms with van der Waals surface area (Å²) in [7, 11) is 0. The third-order valence-electron chi connectivity index (χ3n) is 3.38. The molecule has 0 aliphatic carbocycles. The molecule has 2 heteroatoms. The van der Waals surface area contributed by atoms with Gasteiger partial charge in [-0.3, -0.25) is 0 Å². The molecule has 13 heavy (non-hydrogen) atoms. The highest BCUT2D eigenvalue weighted by Crippen LogP contribution is 2.30. The Hall–Kier alpha value is 0.310. The van der Waals surface area contributed by atoms with Gasteiger partial charge in [0.15, 0.2) is 0 Å². The molecule has 0 saturated carbocycles. The van der Waals surface area contributed by atoms with Crippen LogP contribution in [0.2, 0.25) is 0 Å². The molecule has 2 saturated heterocycles. The maximum absolute atomic E-state index is 3.45. The van der Waals surface area contributed by atoms with Crippen LogP contribution in [-0.2, 0) is 0 Å². The molecule has 2 rings (SSSR count). The molecule has 76 valence electrons. The van der Waals surface area contributed by atoms with E-state index in [1.54, 1.807) is 0 Å². The van der Waals surface area contributed by atoms with Crippen LogP contribution in [-0.4, -0.2) is 24.6 Å². The molecular weight excluding hydrogens is 178 g/mol. The first-order valence-corrected chi connectivity index (χ1v) is 6.89. The number of thioether (sulfide) groups is 1. The van der Waals surface area contributed by atoms with E-state index in [0.717, 1.165) is 11.8 Å². The maximum atomic E-state index is 3.45. The zero-order valence-electron chi connectivity index (χ0n) is 8.43. The van der Waals surface area contributed by atoms with Crippen LogP contribution in [0.5, 0.6) is 0 Å². The van der Waals surface area contributed by atoms with E-state index < -0.39 is 0 Å². The fourth-order valence-electron chi connectivity index (χ4n) is 2.58. The van der Waals surface area contributed by atoms with E-state index in [1.807, 2.05) is 0 Å². The van der Waals surface area contributed by atoms with Gasteiger partial charge in [0, 0.05) is 0 Å². The lowest BCUT2D eigenvalue weighted by molar-refractivity contribution is 0.300. The van der Waals surface area contributed by atoms with Crippen LogP contribution in [0.15, 0.2) is 0 Å². The molecule has 1 unspecified atom stereocenters. The van der Waals surface area contributed by atoms with Gasteiger partial charge < -0.3 is 5.32 Å². The Morgan fingerprint density at radius 2 is 1.92 bits per heavy atom. The van der Waals surface area contributed by atoms with Crippen molar-refractivity contribution in [1.29, 1.82) is 0 Å². The van der Waals surface area contributed by atoms with E-state index in [1.165, 1.54) is 56.7 Å². The van der Waals surface area contributed by atoms with Gasteiger partial charge in [0.2, 0.25) is 0 Å². The van der Waals surface area contributed by atoms with Crippen molar-refractivity contribution in [3.63, 3.8) is 0 Å². The van der Waals surface area contributed by atoms with Gasteiger partial charge in [-0.15, -0.1) is 0 Å². The van der Waals surface area contributed by atoms with Crippen LogP contribution in [0.3, 0.4) is 0 Å². The predicted molar refractivity (Wildman–Crippen MR) is 60.3 cm³/mol. The first-order valence-electron chi connectivity index (χ1n) is 5.73. The molecule has 0 aromatic heterocycles. The molecule has 0 aromatic carbocycles. The predicted octanol–water partition coefficient (Wildman–Crippen LogP) is 2.52. The van der Waals surface area contributed by atoms with Crippen molar-refractivity contribution in [3.05, 3.63) is 0 Å². The molecule has 0 bridgehead atoms. The summed E-state index contributed by atoms with van der Waals surface area (Å²) >= 11 is 2.18. The number of hydrogen-bond donors (Lipinski definition) is 1. The second-order valence-corrected chi connectivity index (χ2v) is 5.66. The topological polar surface area (TPSA) is 12.0 Å². The average molecular weight is 199 g/mol. The standard InChI is InChI=1S/C11H21NS/c1-2-11(9-13-7-1)8-10-3-5-12-6-4-10/h10-12H,1-9H2. The van der Waals surface area contributed by atoms with Gasteiger partial charge in [0.1, 0.15) is 0 Å². The normalized spacial score (nSPS) is 31.8. The average Bonchev–Trinajstić information content (AvgIpc) is 2.21. The van der Waals surface area contributed by atoms with Crippen LogP contribution >= 0.6 is 11.8 Å². The maximum Gasteiger partial charge on any atom is -0.00390 e. The lowest BCUT2D eigenvalue weighted by Crippen LogP contribution is -2.29. The van der Waals surface area contributed by atoms with Gasteiger partial charge in [-0.25, -0.2) is 0 Å². The molecule has 1 nitrogen and oxygen atoms in total. The molecule has 2 aliphatic rings. The minimum Gasteiger partial charge on any atom is -0.317 e. The lowest BCUT2D eigenvalue weighted by Gasteiger charge is -2.28. The summed E-state index contributed by atoms with van der Waals surface area (Å²) in [4.78, 5) is 0. The molecule has 1 N–H and O–H groups in total. The molecule has 1 atom stereocenters. The largest absolute Gasteiger partial charge is 0.317 e. The minimum atomic E-state index is 1.05. The van der Waals surface area contributed by atoms with Crippen molar-refractivity contribution in [3.8, 4) is 0 Å². The highest BCUT2D eigenvalue weighted by Gasteiger charge is 2.20. The van der Waals surface area contributed by atoms with Crippen molar-refractivity contribution in [2.24, 2.45) is 11.8 Å². The Labute approximate surface area is 86.0 Å². The summed E-state index contributed by atoms with van der Waals surface area (Å²) in [5.41, 5.74) is 0. The fraction of sp³-hybridized carbons (Fsp3) is 1.00. The summed E-state index contributed by atoms with van der Waals surface area (Å²) in [5, 5.41) is 3.45. The van der Waals surface area contributed by atoms with Gasteiger partial charge in [0.25, 0.3) is 0 Å². The summed E-state index contributed by atoms with van der Waals surface area (Å²) in [5.74, 6) is 4.97. The van der Waals surface area contributed by atoms with Gasteiger partial charge in [0.05, 0.1) is 0 Å². The highest BCUT2D eigenvalue weighted by atomic mass is 32.2. The molecule has 0 amide bonds. The Kier molecular flexibility index (Phi) is 3.98. The monoisotopic (exact) mass is 199 g/mol. The summed E-state index contributed by atoms with van der Waals surface area (Å²) in [6.07, 6.45) is 7.37. The Balaban J connectivity index is 1.69. The molecular formula is C11H21NS. The van der Waals surface area contributed by atoms with E-state index in [4.69, 9.17) is 0 Å². The fourth-order valence-corrected chi connectivity index (χ4v) is 3.76. The summed E-state index contributed by atoms with van der Waals surface area (Å²) in [6, 6.07) is 0. The van der Waals surface area contributed by atoms with Crippen LogP contribution in [0, 0.1) is 11.8 Å². The second kappa shape index (κ2) is 5.26. The van der Waals surface area contributed by atoms with E-state index in [-0.39, 0.29) is 0 Å². The highest BCUT2D eigenvalue weighted by molar-refractivity contribution is 7.99. The van der Waals surface area contributed by atoms with E-state index in [0.29, 0.717) is 0 Å². The summed E-state index contributed by atoms with van der Waals surface area (Å²) < 4.78 is 0. The quantitative estimate of drug-likeness (QED) is 0.733. The van der Waals surface area contributed by atoms with Crippen LogP contribution < -0.4 is 5.32 Å². The van der Waals surface area contributed by atoms with Crippen molar-refractivity contribution < 1.29 is 0 Å². The first kappa shape index (κ1) is 9.85. The molecule has 2 aliphatic heterocycles. The van der Waals surface area contributed by atoms with Crippen LogP contribution in [0.1, 0.15) is 32.1 Å². The number of hydrogen-bond acceptors (Lipinski definition) is 2. The number of rotatable bonds is 2. The number of piperidine rings is 1.